The van der Waals surface area contributed by atoms with Crippen LogP contribution in [0.5, 0.6) is 0 Å². The van der Waals surface area contributed by atoms with Crippen LogP contribution in [0.1, 0.15) is 50.3 Å². The van der Waals surface area contributed by atoms with Crippen LogP contribution in [-0.2, 0) is 0 Å². The first kappa shape index (κ1) is 16.3. The van der Waals surface area contributed by atoms with Crippen molar-refractivity contribution in [1.29, 1.82) is 0 Å². The third-order valence-electron chi connectivity index (χ3n) is 3.77. The Balaban J connectivity index is 2.41. The third-order valence-corrected chi connectivity index (χ3v) is 3.77. The summed E-state index contributed by atoms with van der Waals surface area (Å²) in [5.74, 6) is 0.765. The van der Waals surface area contributed by atoms with E-state index < -0.39 is 0 Å². The number of rotatable bonds is 4. The Morgan fingerprint density at radius 1 is 1.00 bits per heavy atom. The highest BCUT2D eigenvalue weighted by atomic mass is 16.1. The van der Waals surface area contributed by atoms with Gasteiger partial charge in [-0.2, -0.15) is 0 Å². The molecule has 0 bridgehead atoms. The van der Waals surface area contributed by atoms with Crippen LogP contribution in [0, 0.1) is 12.8 Å². The molecule has 2 nitrogen and oxygen atoms in total. The van der Waals surface area contributed by atoms with Gasteiger partial charge in [0.1, 0.15) is 0 Å². The molecule has 1 aromatic carbocycles. The topological polar surface area (TPSA) is 22.0 Å². The van der Waals surface area contributed by atoms with Crippen LogP contribution >= 0.6 is 0 Å². The van der Waals surface area contributed by atoms with E-state index in [4.69, 9.17) is 0 Å². The van der Waals surface area contributed by atoms with Gasteiger partial charge in [-0.1, -0.05) is 52.0 Å². The van der Waals surface area contributed by atoms with E-state index in [0.29, 0.717) is 5.92 Å². The Morgan fingerprint density at radius 3 is 2.18 bits per heavy atom. The maximum atomic E-state index is 12.7. The zero-order chi connectivity index (χ0) is 16.3. The van der Waals surface area contributed by atoms with Gasteiger partial charge in [-0.05, 0) is 48.1 Å². The first-order valence-corrected chi connectivity index (χ1v) is 7.91. The summed E-state index contributed by atoms with van der Waals surface area (Å²) in [6, 6.07) is 10.1. The van der Waals surface area contributed by atoms with E-state index in [1.165, 1.54) is 0 Å². The second-order valence-electron chi connectivity index (χ2n) is 6.44. The average Bonchev–Trinajstić information content (AvgIpc) is 2.45. The van der Waals surface area contributed by atoms with E-state index in [1.807, 2.05) is 31.3 Å². The van der Waals surface area contributed by atoms with Gasteiger partial charge in [0.2, 0.25) is 0 Å². The van der Waals surface area contributed by atoms with Crippen molar-refractivity contribution in [1.82, 2.24) is 4.57 Å². The molecule has 0 aliphatic carbocycles. The van der Waals surface area contributed by atoms with Crippen LogP contribution in [0.4, 0.5) is 0 Å². The minimum absolute atomic E-state index is 0.0838. The van der Waals surface area contributed by atoms with Gasteiger partial charge in [-0.25, -0.2) is 0 Å². The Hall–Kier alpha value is -2.09. The highest BCUT2D eigenvalue weighted by Gasteiger charge is 2.11. The van der Waals surface area contributed by atoms with Gasteiger partial charge in [-0.15, -0.1) is 0 Å². The van der Waals surface area contributed by atoms with Crippen molar-refractivity contribution in [3.8, 4) is 5.69 Å². The summed E-state index contributed by atoms with van der Waals surface area (Å²) in [4.78, 5) is 12.7. The lowest BCUT2D eigenvalue weighted by molar-refractivity contribution is 0.809. The zero-order valence-corrected chi connectivity index (χ0v) is 14.1. The van der Waals surface area contributed by atoms with Crippen molar-refractivity contribution >= 4 is 6.08 Å². The van der Waals surface area contributed by atoms with Gasteiger partial charge >= 0.3 is 0 Å². The molecule has 1 heterocycles. The lowest BCUT2D eigenvalue weighted by Crippen LogP contribution is -2.23. The number of nitrogens with zero attached hydrogens (tertiary/aromatic N) is 1. The second kappa shape index (κ2) is 6.78. The summed E-state index contributed by atoms with van der Waals surface area (Å²) < 4.78 is 1.73. The minimum atomic E-state index is 0.0838. The van der Waals surface area contributed by atoms with Crippen LogP contribution < -0.4 is 5.56 Å². The number of pyridine rings is 1. The average molecular weight is 295 g/mol. The molecule has 22 heavy (non-hydrogen) atoms. The Kier molecular flexibility index (Phi) is 5.02. The van der Waals surface area contributed by atoms with Gasteiger partial charge < -0.3 is 0 Å². The molecular weight excluding hydrogens is 270 g/mol. The first-order chi connectivity index (χ1) is 10.4. The van der Waals surface area contributed by atoms with Gasteiger partial charge in [0.25, 0.3) is 5.56 Å². The number of hydrogen-bond acceptors (Lipinski definition) is 1. The second-order valence-corrected chi connectivity index (χ2v) is 6.44. The van der Waals surface area contributed by atoms with Gasteiger partial charge in [-0.3, -0.25) is 9.36 Å². The summed E-state index contributed by atoms with van der Waals surface area (Å²) in [5, 5.41) is 0. The van der Waals surface area contributed by atoms with E-state index in [2.05, 4.69) is 52.0 Å². The highest BCUT2D eigenvalue weighted by Crippen LogP contribution is 2.16. The summed E-state index contributed by atoms with van der Waals surface area (Å²) in [6.45, 7) is 10.4. The fourth-order valence-electron chi connectivity index (χ4n) is 2.60. The molecule has 0 saturated carbocycles. The maximum Gasteiger partial charge on any atom is 0.258 e. The molecule has 0 aliphatic rings. The van der Waals surface area contributed by atoms with Crippen LogP contribution in [0.3, 0.4) is 0 Å². The van der Waals surface area contributed by atoms with E-state index in [9.17, 15) is 4.79 Å². The summed E-state index contributed by atoms with van der Waals surface area (Å²) in [5.41, 5.74) is 4.11. The Bertz CT molecular complexity index is 718. The molecule has 0 spiro atoms. The smallest absolute Gasteiger partial charge is 0.258 e. The van der Waals surface area contributed by atoms with E-state index in [1.54, 1.807) is 4.57 Å². The molecule has 116 valence electrons. The maximum absolute atomic E-state index is 12.7. The van der Waals surface area contributed by atoms with Crippen molar-refractivity contribution in [2.24, 2.45) is 5.92 Å². The molecule has 0 saturated heterocycles. The van der Waals surface area contributed by atoms with Crippen LogP contribution in [0.15, 0.2) is 47.4 Å². The molecule has 2 aromatic rings. The summed E-state index contributed by atoms with van der Waals surface area (Å²) in [6.07, 6.45) is 6.15. The number of aromatic nitrogens is 1. The van der Waals surface area contributed by atoms with E-state index in [0.717, 1.165) is 22.4 Å². The van der Waals surface area contributed by atoms with Crippen LogP contribution in [0.25, 0.3) is 11.8 Å². The predicted octanol–water partition coefficient (Wildman–Crippen LogP) is 4.94. The molecule has 2 rings (SSSR count). The van der Waals surface area contributed by atoms with Crippen molar-refractivity contribution in [2.75, 3.05) is 0 Å². The number of allylic oxidation sites excluding steroid dienone is 1. The quantitative estimate of drug-likeness (QED) is 0.783. The molecule has 0 amide bonds. The molecule has 0 fully saturated rings. The fraction of sp³-hybridized carbons (Fsp3) is 0.350. The van der Waals surface area contributed by atoms with Crippen molar-refractivity contribution in [2.45, 2.75) is 40.5 Å². The van der Waals surface area contributed by atoms with Gasteiger partial charge in [0.15, 0.2) is 0 Å². The summed E-state index contributed by atoms with van der Waals surface area (Å²) >= 11 is 0. The predicted molar refractivity (Wildman–Crippen MR) is 94.7 cm³/mol. The van der Waals surface area contributed by atoms with Crippen LogP contribution in [0.2, 0.25) is 0 Å². The molecule has 1 aromatic heterocycles. The largest absolute Gasteiger partial charge is 0.284 e. The number of benzene rings is 1. The molecule has 0 atom stereocenters. The van der Waals surface area contributed by atoms with Gasteiger partial charge in [0.05, 0.1) is 0 Å². The zero-order valence-electron chi connectivity index (χ0n) is 14.1. The van der Waals surface area contributed by atoms with Crippen molar-refractivity contribution in [3.63, 3.8) is 0 Å². The lowest BCUT2D eigenvalue weighted by atomic mass is 10.00. The fourth-order valence-corrected chi connectivity index (χ4v) is 2.60. The SMILES string of the molecule is Cc1ccn(-c2ccc(/C=C/C(C)C)cc2)c(=O)c1C(C)C. The number of hydrogen-bond donors (Lipinski definition) is 0. The molecule has 0 aliphatic heterocycles. The monoisotopic (exact) mass is 295 g/mol. The van der Waals surface area contributed by atoms with E-state index >= 15 is 0 Å². The summed E-state index contributed by atoms with van der Waals surface area (Å²) in [7, 11) is 0. The molecule has 0 N–H and O–H groups in total. The number of aryl methyl sites for hydroxylation is 1. The van der Waals surface area contributed by atoms with Crippen molar-refractivity contribution < 1.29 is 0 Å². The molecular formula is C20H25NO. The van der Waals surface area contributed by atoms with Crippen LogP contribution in [-0.4, -0.2) is 4.57 Å². The minimum Gasteiger partial charge on any atom is -0.284 e. The normalized spacial score (nSPS) is 11.8. The van der Waals surface area contributed by atoms with Crippen molar-refractivity contribution in [3.05, 3.63) is 69.6 Å². The van der Waals surface area contributed by atoms with Gasteiger partial charge in [0, 0.05) is 17.4 Å². The molecule has 0 unspecified atom stereocenters. The third kappa shape index (κ3) is 3.56. The Labute approximate surface area is 133 Å². The molecule has 2 heteroatoms. The lowest BCUT2D eigenvalue weighted by Gasteiger charge is -2.13. The highest BCUT2D eigenvalue weighted by molar-refractivity contribution is 5.52. The first-order valence-electron chi connectivity index (χ1n) is 7.91. The molecule has 0 radical (unpaired) electrons. The van der Waals surface area contributed by atoms with E-state index in [-0.39, 0.29) is 11.5 Å². The standard InChI is InChI=1S/C20H25NO/c1-14(2)6-7-17-8-10-18(11-9-17)21-13-12-16(5)19(15(3)4)20(21)22/h6-15H,1-5H3/b7-6+. The Morgan fingerprint density at radius 2 is 1.64 bits per heavy atom.